The van der Waals surface area contributed by atoms with Crippen LogP contribution in [0, 0.1) is 10.1 Å². The lowest BCUT2D eigenvalue weighted by molar-refractivity contribution is -0.384. The Morgan fingerprint density at radius 1 is 1.13 bits per heavy atom. The SMILES string of the molecule is C=CCC1(C)OB(c2ccc(COC(=O)Oc3ccc([N+](=O)[O-])cc3)cc2)OC1(C)C. The normalized spacial score (nSPS) is 19.6. The fraction of sp³-hybridized carbons (Fsp3) is 0.318. The molecule has 2 aromatic carbocycles. The van der Waals surface area contributed by atoms with Gasteiger partial charge < -0.3 is 18.8 Å². The van der Waals surface area contributed by atoms with Gasteiger partial charge in [0.1, 0.15) is 12.4 Å². The lowest BCUT2D eigenvalue weighted by atomic mass is 9.79. The third kappa shape index (κ3) is 5.12. The van der Waals surface area contributed by atoms with Gasteiger partial charge >= 0.3 is 13.3 Å². The summed E-state index contributed by atoms with van der Waals surface area (Å²) >= 11 is 0. The maximum atomic E-state index is 11.9. The number of carbonyl (C=O) groups is 1. The second-order valence-corrected chi connectivity index (χ2v) is 7.93. The fourth-order valence-corrected chi connectivity index (χ4v) is 3.17. The highest BCUT2D eigenvalue weighted by Gasteiger charge is 2.53. The summed E-state index contributed by atoms with van der Waals surface area (Å²) in [6.45, 7) is 9.81. The molecule has 0 aromatic heterocycles. The maximum Gasteiger partial charge on any atom is 0.514 e. The molecule has 1 aliphatic rings. The molecule has 0 radical (unpaired) electrons. The molecular weight excluding hydrogens is 401 g/mol. The molecule has 0 N–H and O–H groups in total. The van der Waals surface area contributed by atoms with Gasteiger partial charge in [0.05, 0.1) is 16.1 Å². The van der Waals surface area contributed by atoms with Crippen molar-refractivity contribution >= 4 is 24.4 Å². The van der Waals surface area contributed by atoms with Gasteiger partial charge in [0.25, 0.3) is 5.69 Å². The Hall–Kier alpha value is -3.17. The zero-order valence-electron chi connectivity index (χ0n) is 17.7. The van der Waals surface area contributed by atoms with E-state index < -0.39 is 29.4 Å². The number of carbonyl (C=O) groups excluding carboxylic acids is 1. The Kier molecular flexibility index (Phi) is 6.47. The van der Waals surface area contributed by atoms with Gasteiger partial charge in [-0.1, -0.05) is 30.3 Å². The van der Waals surface area contributed by atoms with Crippen molar-refractivity contribution in [1.82, 2.24) is 0 Å². The quantitative estimate of drug-likeness (QED) is 0.164. The van der Waals surface area contributed by atoms with Crippen molar-refractivity contribution in [2.24, 2.45) is 0 Å². The standard InChI is InChI=1S/C22H24BNO7/c1-5-14-22(4)21(2,3)30-23(31-22)17-8-6-16(7-9-17)15-28-20(25)29-19-12-10-18(11-13-19)24(26)27/h5-13H,1,14-15H2,2-4H3. The first-order valence-corrected chi connectivity index (χ1v) is 9.78. The smallest absolute Gasteiger partial charge is 0.429 e. The summed E-state index contributed by atoms with van der Waals surface area (Å²) in [6.07, 6.45) is 1.59. The average Bonchev–Trinajstić information content (AvgIpc) is 2.96. The van der Waals surface area contributed by atoms with E-state index in [0.29, 0.717) is 6.42 Å². The van der Waals surface area contributed by atoms with Gasteiger partial charge in [-0.15, -0.1) is 6.58 Å². The van der Waals surface area contributed by atoms with Crippen LogP contribution in [0.1, 0.15) is 32.8 Å². The van der Waals surface area contributed by atoms with Crippen molar-refractivity contribution in [1.29, 1.82) is 0 Å². The van der Waals surface area contributed by atoms with Crippen molar-refractivity contribution in [3.05, 3.63) is 76.9 Å². The second kappa shape index (κ2) is 8.91. The van der Waals surface area contributed by atoms with E-state index in [4.69, 9.17) is 18.8 Å². The van der Waals surface area contributed by atoms with Crippen LogP contribution in [-0.4, -0.2) is 29.4 Å². The van der Waals surface area contributed by atoms with E-state index in [1.54, 1.807) is 0 Å². The monoisotopic (exact) mass is 425 g/mol. The Morgan fingerprint density at radius 2 is 1.77 bits per heavy atom. The summed E-state index contributed by atoms with van der Waals surface area (Å²) in [5.41, 5.74) is 0.566. The Balaban J connectivity index is 1.54. The van der Waals surface area contributed by atoms with Gasteiger partial charge in [-0.3, -0.25) is 10.1 Å². The largest absolute Gasteiger partial charge is 0.514 e. The van der Waals surface area contributed by atoms with Crippen molar-refractivity contribution in [2.45, 2.75) is 45.0 Å². The number of hydrogen-bond donors (Lipinski definition) is 0. The number of rotatable bonds is 7. The summed E-state index contributed by atoms with van der Waals surface area (Å²) in [7, 11) is -0.498. The molecular formula is C22H24BNO7. The van der Waals surface area contributed by atoms with Crippen molar-refractivity contribution < 1.29 is 28.5 Å². The Bertz CT molecular complexity index is 959. The Labute approximate surface area is 181 Å². The molecule has 1 heterocycles. The van der Waals surface area contributed by atoms with Crippen LogP contribution in [-0.2, 0) is 20.7 Å². The first-order chi connectivity index (χ1) is 14.6. The van der Waals surface area contributed by atoms with E-state index in [9.17, 15) is 14.9 Å². The first-order valence-electron chi connectivity index (χ1n) is 9.78. The molecule has 0 amide bonds. The van der Waals surface area contributed by atoms with Crippen LogP contribution in [0.15, 0.2) is 61.2 Å². The summed E-state index contributed by atoms with van der Waals surface area (Å²) in [6, 6.07) is 12.5. The van der Waals surface area contributed by atoms with Crippen LogP contribution in [0.3, 0.4) is 0 Å². The number of non-ortho nitro benzene ring substituents is 1. The van der Waals surface area contributed by atoms with Gasteiger partial charge in [0, 0.05) is 12.1 Å². The Morgan fingerprint density at radius 3 is 2.35 bits per heavy atom. The lowest BCUT2D eigenvalue weighted by Gasteiger charge is -2.35. The predicted octanol–water partition coefficient (Wildman–Crippen LogP) is 4.17. The van der Waals surface area contributed by atoms with Crippen LogP contribution in [0.5, 0.6) is 5.75 Å². The molecule has 0 spiro atoms. The van der Waals surface area contributed by atoms with Gasteiger partial charge in [0.2, 0.25) is 0 Å². The summed E-state index contributed by atoms with van der Waals surface area (Å²) < 4.78 is 22.4. The molecule has 9 heteroatoms. The van der Waals surface area contributed by atoms with Gasteiger partial charge in [-0.2, -0.15) is 0 Å². The average molecular weight is 425 g/mol. The number of ether oxygens (including phenoxy) is 2. The van der Waals surface area contributed by atoms with Crippen LogP contribution >= 0.6 is 0 Å². The minimum absolute atomic E-state index is 0.0121. The number of benzene rings is 2. The molecule has 1 saturated heterocycles. The molecule has 1 unspecified atom stereocenters. The van der Waals surface area contributed by atoms with Crippen LogP contribution < -0.4 is 10.2 Å². The second-order valence-electron chi connectivity index (χ2n) is 7.93. The molecule has 1 fully saturated rings. The van der Waals surface area contributed by atoms with Crippen LogP contribution in [0.25, 0.3) is 0 Å². The summed E-state index contributed by atoms with van der Waals surface area (Å²) in [5, 5.41) is 10.6. The molecule has 8 nitrogen and oxygen atoms in total. The molecule has 3 rings (SSSR count). The molecule has 2 aromatic rings. The van der Waals surface area contributed by atoms with Gasteiger partial charge in [-0.25, -0.2) is 4.79 Å². The lowest BCUT2D eigenvalue weighted by Crippen LogP contribution is -2.44. The summed E-state index contributed by atoms with van der Waals surface area (Å²) in [4.78, 5) is 22.0. The molecule has 0 saturated carbocycles. The number of nitro groups is 1. The number of nitro benzene ring substituents is 1. The maximum absolute atomic E-state index is 11.9. The van der Waals surface area contributed by atoms with E-state index in [0.717, 1.165) is 11.0 Å². The highest BCUT2D eigenvalue weighted by molar-refractivity contribution is 6.62. The predicted molar refractivity (Wildman–Crippen MR) is 115 cm³/mol. The highest BCUT2D eigenvalue weighted by Crippen LogP contribution is 2.39. The molecule has 1 aliphatic heterocycles. The zero-order valence-corrected chi connectivity index (χ0v) is 17.7. The van der Waals surface area contributed by atoms with Crippen LogP contribution in [0.2, 0.25) is 0 Å². The van der Waals surface area contributed by atoms with E-state index in [-0.39, 0.29) is 18.0 Å². The molecule has 0 aliphatic carbocycles. The van der Waals surface area contributed by atoms with Gasteiger partial charge in [-0.05, 0) is 50.4 Å². The number of nitrogens with zero attached hydrogens (tertiary/aromatic N) is 1. The summed E-state index contributed by atoms with van der Waals surface area (Å²) in [5.74, 6) is 0.159. The third-order valence-corrected chi connectivity index (χ3v) is 5.43. The topological polar surface area (TPSA) is 97.1 Å². The third-order valence-electron chi connectivity index (χ3n) is 5.43. The molecule has 162 valence electrons. The van der Waals surface area contributed by atoms with Crippen LogP contribution in [0.4, 0.5) is 10.5 Å². The number of hydrogen-bond acceptors (Lipinski definition) is 7. The molecule has 1 atom stereocenters. The zero-order chi connectivity index (χ0) is 22.6. The molecule has 31 heavy (non-hydrogen) atoms. The van der Waals surface area contributed by atoms with Crippen molar-refractivity contribution in [3.8, 4) is 5.75 Å². The van der Waals surface area contributed by atoms with E-state index in [2.05, 4.69) is 6.58 Å². The minimum atomic E-state index is -0.901. The van der Waals surface area contributed by atoms with E-state index in [1.165, 1.54) is 24.3 Å². The van der Waals surface area contributed by atoms with Gasteiger partial charge in [0.15, 0.2) is 0 Å². The van der Waals surface area contributed by atoms with Crippen molar-refractivity contribution in [2.75, 3.05) is 0 Å². The first kappa shape index (κ1) is 22.5. The fourth-order valence-electron chi connectivity index (χ4n) is 3.17. The van der Waals surface area contributed by atoms with E-state index >= 15 is 0 Å². The highest BCUT2D eigenvalue weighted by atomic mass is 16.7. The minimum Gasteiger partial charge on any atom is -0.429 e. The van der Waals surface area contributed by atoms with E-state index in [1.807, 2.05) is 51.1 Å². The molecule has 0 bridgehead atoms. The van der Waals surface area contributed by atoms with Crippen molar-refractivity contribution in [3.63, 3.8) is 0 Å².